The SMILES string of the molecule is CCOc1ncccc1C(=O)OCCCCN1C(=O)c2ccccc2C1=O. The fourth-order valence-corrected chi connectivity index (χ4v) is 2.85. The van der Waals surface area contributed by atoms with Gasteiger partial charge in [0.15, 0.2) is 0 Å². The number of esters is 1. The predicted molar refractivity (Wildman–Crippen MR) is 96.7 cm³/mol. The van der Waals surface area contributed by atoms with E-state index in [9.17, 15) is 14.4 Å². The molecule has 7 heteroatoms. The first kappa shape index (κ1) is 18.6. The van der Waals surface area contributed by atoms with Crippen LogP contribution >= 0.6 is 0 Å². The second-order valence-corrected chi connectivity index (χ2v) is 5.94. The van der Waals surface area contributed by atoms with Crippen LogP contribution < -0.4 is 4.74 Å². The molecule has 3 rings (SSSR count). The predicted octanol–water partition coefficient (Wildman–Crippen LogP) is 2.71. The molecule has 0 radical (unpaired) electrons. The van der Waals surface area contributed by atoms with Crippen molar-refractivity contribution in [1.82, 2.24) is 9.88 Å². The van der Waals surface area contributed by atoms with Crippen molar-refractivity contribution in [2.45, 2.75) is 19.8 Å². The fourth-order valence-electron chi connectivity index (χ4n) is 2.85. The van der Waals surface area contributed by atoms with Gasteiger partial charge in [-0.25, -0.2) is 9.78 Å². The van der Waals surface area contributed by atoms with Crippen molar-refractivity contribution in [3.8, 4) is 5.88 Å². The van der Waals surface area contributed by atoms with Crippen LogP contribution in [-0.4, -0.2) is 47.4 Å². The molecule has 0 N–H and O–H groups in total. The highest BCUT2D eigenvalue weighted by atomic mass is 16.5. The Morgan fingerprint density at radius 1 is 1.04 bits per heavy atom. The van der Waals surface area contributed by atoms with Gasteiger partial charge in [0.05, 0.1) is 24.3 Å². The lowest BCUT2D eigenvalue weighted by atomic mass is 10.1. The number of unbranched alkanes of at least 4 members (excludes halogenated alkanes) is 1. The largest absolute Gasteiger partial charge is 0.477 e. The van der Waals surface area contributed by atoms with E-state index in [0.29, 0.717) is 37.1 Å². The normalized spacial score (nSPS) is 12.9. The van der Waals surface area contributed by atoms with E-state index in [1.807, 2.05) is 6.92 Å². The molecule has 0 bridgehead atoms. The Morgan fingerprint density at radius 2 is 1.74 bits per heavy atom. The Morgan fingerprint density at radius 3 is 2.41 bits per heavy atom. The molecule has 1 aliphatic rings. The van der Waals surface area contributed by atoms with Gasteiger partial charge in [-0.1, -0.05) is 12.1 Å². The van der Waals surface area contributed by atoms with E-state index in [1.54, 1.807) is 42.6 Å². The number of nitrogens with zero attached hydrogens (tertiary/aromatic N) is 2. The lowest BCUT2D eigenvalue weighted by Gasteiger charge is -2.13. The molecule has 1 aromatic carbocycles. The van der Waals surface area contributed by atoms with Crippen LogP contribution in [0.15, 0.2) is 42.6 Å². The Bertz CT molecular complexity index is 830. The summed E-state index contributed by atoms with van der Waals surface area (Å²) in [5, 5.41) is 0. The topological polar surface area (TPSA) is 85.8 Å². The molecule has 1 aliphatic heterocycles. The molecule has 0 fully saturated rings. The van der Waals surface area contributed by atoms with Gasteiger partial charge in [-0.3, -0.25) is 14.5 Å². The Kier molecular flexibility index (Phi) is 5.80. The molecule has 27 heavy (non-hydrogen) atoms. The zero-order valence-corrected chi connectivity index (χ0v) is 15.0. The van der Waals surface area contributed by atoms with E-state index >= 15 is 0 Å². The van der Waals surface area contributed by atoms with Gasteiger partial charge in [-0.05, 0) is 44.0 Å². The van der Waals surface area contributed by atoms with Gasteiger partial charge >= 0.3 is 5.97 Å². The number of carbonyl (C=O) groups is 3. The minimum absolute atomic E-state index is 0.183. The van der Waals surface area contributed by atoms with E-state index in [-0.39, 0.29) is 29.9 Å². The maximum absolute atomic E-state index is 12.3. The van der Waals surface area contributed by atoms with Gasteiger partial charge in [0.25, 0.3) is 11.8 Å². The van der Waals surface area contributed by atoms with Crippen LogP contribution in [0.25, 0.3) is 0 Å². The van der Waals surface area contributed by atoms with Crippen LogP contribution in [-0.2, 0) is 4.74 Å². The number of aromatic nitrogens is 1. The van der Waals surface area contributed by atoms with E-state index in [0.717, 1.165) is 0 Å². The lowest BCUT2D eigenvalue weighted by molar-refractivity contribution is 0.0480. The number of pyridine rings is 1. The number of fused-ring (bicyclic) bond motifs is 1. The van der Waals surface area contributed by atoms with Crippen molar-refractivity contribution in [2.24, 2.45) is 0 Å². The minimum Gasteiger partial charge on any atom is -0.477 e. The standard InChI is InChI=1S/C20H20N2O5/c1-2-26-17-16(10-7-11-21-17)20(25)27-13-6-5-12-22-18(23)14-8-3-4-9-15(14)19(22)24/h3-4,7-11H,2,5-6,12-13H2,1H3. The molecule has 0 atom stereocenters. The Hall–Kier alpha value is -3.22. The van der Waals surface area contributed by atoms with Gasteiger partial charge in [-0.15, -0.1) is 0 Å². The molecule has 2 amide bonds. The van der Waals surface area contributed by atoms with Crippen LogP contribution in [0.5, 0.6) is 5.88 Å². The summed E-state index contributed by atoms with van der Waals surface area (Å²) in [5.74, 6) is -0.808. The van der Waals surface area contributed by atoms with Crippen molar-refractivity contribution in [2.75, 3.05) is 19.8 Å². The summed E-state index contributed by atoms with van der Waals surface area (Å²) >= 11 is 0. The van der Waals surface area contributed by atoms with E-state index < -0.39 is 5.97 Å². The summed E-state index contributed by atoms with van der Waals surface area (Å²) in [5.41, 5.74) is 1.16. The zero-order valence-electron chi connectivity index (χ0n) is 15.0. The summed E-state index contributed by atoms with van der Waals surface area (Å²) in [6.07, 6.45) is 2.62. The summed E-state index contributed by atoms with van der Waals surface area (Å²) in [6, 6.07) is 10.0. The number of carbonyl (C=O) groups excluding carboxylic acids is 3. The highest BCUT2D eigenvalue weighted by Gasteiger charge is 2.34. The molecule has 0 saturated heterocycles. The van der Waals surface area contributed by atoms with Gasteiger partial charge < -0.3 is 9.47 Å². The van der Waals surface area contributed by atoms with Crippen LogP contribution in [0.1, 0.15) is 50.8 Å². The monoisotopic (exact) mass is 368 g/mol. The van der Waals surface area contributed by atoms with Crippen molar-refractivity contribution in [3.05, 3.63) is 59.3 Å². The third kappa shape index (κ3) is 3.97. The minimum atomic E-state index is -0.507. The number of hydrogen-bond donors (Lipinski definition) is 0. The first-order chi connectivity index (χ1) is 13.1. The second kappa shape index (κ2) is 8.44. The molecule has 2 heterocycles. The van der Waals surface area contributed by atoms with Crippen molar-refractivity contribution < 1.29 is 23.9 Å². The quantitative estimate of drug-likeness (QED) is 0.405. The third-order valence-electron chi connectivity index (χ3n) is 4.16. The first-order valence-corrected chi connectivity index (χ1v) is 8.83. The van der Waals surface area contributed by atoms with Gasteiger partial charge in [0, 0.05) is 12.7 Å². The highest BCUT2D eigenvalue weighted by molar-refractivity contribution is 6.21. The molecular weight excluding hydrogens is 348 g/mol. The number of hydrogen-bond acceptors (Lipinski definition) is 6. The zero-order chi connectivity index (χ0) is 19.2. The maximum Gasteiger partial charge on any atom is 0.343 e. The second-order valence-electron chi connectivity index (χ2n) is 5.94. The molecule has 1 aromatic heterocycles. The summed E-state index contributed by atoms with van der Waals surface area (Å²) < 4.78 is 10.6. The first-order valence-electron chi connectivity index (χ1n) is 8.83. The van der Waals surface area contributed by atoms with Crippen molar-refractivity contribution in [3.63, 3.8) is 0 Å². The lowest BCUT2D eigenvalue weighted by Crippen LogP contribution is -2.30. The number of imide groups is 1. The smallest absolute Gasteiger partial charge is 0.343 e. The molecule has 0 saturated carbocycles. The van der Waals surface area contributed by atoms with Gasteiger partial charge in [-0.2, -0.15) is 0 Å². The number of amides is 2. The van der Waals surface area contributed by atoms with Crippen molar-refractivity contribution in [1.29, 1.82) is 0 Å². The third-order valence-corrected chi connectivity index (χ3v) is 4.16. The van der Waals surface area contributed by atoms with Crippen LogP contribution in [0.3, 0.4) is 0 Å². The van der Waals surface area contributed by atoms with Crippen LogP contribution in [0.4, 0.5) is 0 Å². The van der Waals surface area contributed by atoms with Crippen LogP contribution in [0, 0.1) is 0 Å². The average molecular weight is 368 g/mol. The molecule has 2 aromatic rings. The molecule has 7 nitrogen and oxygen atoms in total. The van der Waals surface area contributed by atoms with Gasteiger partial charge in [0.2, 0.25) is 5.88 Å². The highest BCUT2D eigenvalue weighted by Crippen LogP contribution is 2.22. The molecule has 140 valence electrons. The number of ether oxygens (including phenoxy) is 2. The maximum atomic E-state index is 12.3. The summed E-state index contributed by atoms with van der Waals surface area (Å²) in [7, 11) is 0. The Balaban J connectivity index is 1.46. The molecular formula is C20H20N2O5. The summed E-state index contributed by atoms with van der Waals surface area (Å²) in [4.78, 5) is 41.9. The molecule has 0 unspecified atom stereocenters. The van der Waals surface area contributed by atoms with Gasteiger partial charge in [0.1, 0.15) is 5.56 Å². The molecule has 0 aliphatic carbocycles. The van der Waals surface area contributed by atoms with E-state index in [4.69, 9.17) is 9.47 Å². The van der Waals surface area contributed by atoms with Crippen LogP contribution in [0.2, 0.25) is 0 Å². The fraction of sp³-hybridized carbons (Fsp3) is 0.300. The average Bonchev–Trinajstić information content (AvgIpc) is 2.93. The number of benzene rings is 1. The van der Waals surface area contributed by atoms with E-state index in [1.165, 1.54) is 4.90 Å². The van der Waals surface area contributed by atoms with Crippen molar-refractivity contribution >= 4 is 17.8 Å². The summed E-state index contributed by atoms with van der Waals surface area (Å²) in [6.45, 7) is 2.68. The van der Waals surface area contributed by atoms with E-state index in [2.05, 4.69) is 4.98 Å². The Labute approximate surface area is 156 Å². The number of rotatable bonds is 8. The molecule has 0 spiro atoms.